The summed E-state index contributed by atoms with van der Waals surface area (Å²) in [5.74, 6) is 0. The Kier molecular flexibility index (Phi) is 6.27. The van der Waals surface area contributed by atoms with Crippen molar-refractivity contribution in [1.29, 1.82) is 0 Å². The van der Waals surface area contributed by atoms with Gasteiger partial charge in [-0.2, -0.15) is 0 Å². The minimum atomic E-state index is -3.27. The Morgan fingerprint density at radius 3 is 2.25 bits per heavy atom. The van der Waals surface area contributed by atoms with Gasteiger partial charge in [0.2, 0.25) is 0 Å². The summed E-state index contributed by atoms with van der Waals surface area (Å²) in [4.78, 5) is 0. The summed E-state index contributed by atoms with van der Waals surface area (Å²) >= 11 is -3.27. The zero-order valence-corrected chi connectivity index (χ0v) is 16.1. The van der Waals surface area contributed by atoms with E-state index in [4.69, 9.17) is 17.8 Å². The molecular weight excluding hydrogens is 398 g/mol. The van der Waals surface area contributed by atoms with Gasteiger partial charge in [-0.15, -0.1) is 0 Å². The molecular formula is C16H22Cl2OSn. The van der Waals surface area contributed by atoms with Crippen molar-refractivity contribution in [3.63, 3.8) is 0 Å². The van der Waals surface area contributed by atoms with Gasteiger partial charge in [-0.25, -0.2) is 0 Å². The van der Waals surface area contributed by atoms with Crippen LogP contribution in [0.2, 0.25) is 0 Å². The molecule has 0 aromatic heterocycles. The number of benzene rings is 1. The Morgan fingerprint density at radius 1 is 1.05 bits per heavy atom. The van der Waals surface area contributed by atoms with Crippen LogP contribution in [-0.2, 0) is 4.44 Å². The van der Waals surface area contributed by atoms with Gasteiger partial charge in [-0.1, -0.05) is 0 Å². The molecule has 0 unspecified atom stereocenters. The summed E-state index contributed by atoms with van der Waals surface area (Å²) < 4.78 is 2.72. The quantitative estimate of drug-likeness (QED) is 0.545. The molecule has 0 radical (unpaired) electrons. The molecule has 1 N–H and O–H groups in total. The van der Waals surface area contributed by atoms with E-state index in [0.717, 1.165) is 30.1 Å². The van der Waals surface area contributed by atoms with Crippen molar-refractivity contribution in [2.24, 2.45) is 0 Å². The predicted octanol–water partition coefficient (Wildman–Crippen LogP) is 4.87. The van der Waals surface area contributed by atoms with Gasteiger partial charge in [0, 0.05) is 0 Å². The molecule has 1 aromatic carbocycles. The van der Waals surface area contributed by atoms with Gasteiger partial charge in [0.1, 0.15) is 0 Å². The normalized spacial score (nSPS) is 19.9. The van der Waals surface area contributed by atoms with Crippen molar-refractivity contribution in [3.05, 3.63) is 46.1 Å². The Balaban J connectivity index is 2.00. The Hall–Kier alpha value is 0.299. The van der Waals surface area contributed by atoms with Crippen molar-refractivity contribution < 1.29 is 5.11 Å². The number of halogens is 2. The standard InChI is InChI=1S/C9H15O.C7H7.2ClH.Sn/c1-2-9(10)7-5-3-4-6-8-9;1-7-5-3-2-4-6-7;;;/h1-2,10H,3-8H2;2-6H,1H2;2*1H;/q;;;;+2/p-2. The first kappa shape index (κ1) is 16.7. The molecule has 0 heterocycles. The molecule has 0 spiro atoms. The minimum absolute atomic E-state index is 0.681. The second-order valence-corrected chi connectivity index (χ2v) is 22.4. The zero-order valence-electron chi connectivity index (χ0n) is 11.7. The first-order valence-electron chi connectivity index (χ1n) is 7.34. The van der Waals surface area contributed by atoms with Crippen LogP contribution in [0, 0.1) is 0 Å². The molecule has 1 aromatic rings. The maximum atomic E-state index is 10.6. The van der Waals surface area contributed by atoms with Crippen LogP contribution in [0.15, 0.2) is 40.5 Å². The van der Waals surface area contributed by atoms with Gasteiger partial charge in [-0.05, 0) is 0 Å². The van der Waals surface area contributed by atoms with E-state index in [1.165, 1.54) is 18.4 Å². The van der Waals surface area contributed by atoms with Crippen LogP contribution in [0.25, 0.3) is 0 Å². The zero-order chi connectivity index (χ0) is 14.5. The topological polar surface area (TPSA) is 20.2 Å². The molecule has 1 fully saturated rings. The van der Waals surface area contributed by atoms with Gasteiger partial charge >= 0.3 is 134 Å². The molecule has 1 aliphatic rings. The molecule has 1 nitrogen and oxygen atoms in total. The molecule has 110 valence electrons. The molecule has 0 bridgehead atoms. The number of aliphatic hydroxyl groups is 1. The summed E-state index contributed by atoms with van der Waals surface area (Å²) in [7, 11) is 13.1. The molecule has 4 heteroatoms. The Labute approximate surface area is 133 Å². The predicted molar refractivity (Wildman–Crippen MR) is 89.4 cm³/mol. The third-order valence-electron chi connectivity index (χ3n) is 3.89. The fraction of sp³-hybridized carbons (Fsp3) is 0.500. The van der Waals surface area contributed by atoms with Gasteiger partial charge in [0.15, 0.2) is 0 Å². The molecule has 0 saturated heterocycles. The Bertz CT molecular complexity index is 437. The van der Waals surface area contributed by atoms with Gasteiger partial charge in [0.05, 0.1) is 0 Å². The Morgan fingerprint density at radius 2 is 1.65 bits per heavy atom. The van der Waals surface area contributed by atoms with Crippen molar-refractivity contribution >= 4 is 34.0 Å². The van der Waals surface area contributed by atoms with E-state index in [0.29, 0.717) is 0 Å². The average molecular weight is 420 g/mol. The molecule has 1 aliphatic carbocycles. The first-order chi connectivity index (χ1) is 9.49. The summed E-state index contributed by atoms with van der Waals surface area (Å²) in [5, 5.41) is 10.6. The van der Waals surface area contributed by atoms with Crippen LogP contribution in [-0.4, -0.2) is 26.8 Å². The van der Waals surface area contributed by atoms with E-state index >= 15 is 0 Å². The summed E-state index contributed by atoms with van der Waals surface area (Å²) in [5.41, 5.74) is 0.505. The van der Waals surface area contributed by atoms with Crippen molar-refractivity contribution in [3.8, 4) is 0 Å². The SMILES string of the molecule is OC1(C=[CH][Sn]([Cl])([Cl])[CH2]c2ccccc2)CCCCCC1. The summed E-state index contributed by atoms with van der Waals surface area (Å²) in [6, 6.07) is 10.1. The van der Waals surface area contributed by atoms with E-state index in [1.807, 2.05) is 28.4 Å². The van der Waals surface area contributed by atoms with Crippen LogP contribution in [0.5, 0.6) is 0 Å². The molecule has 0 aliphatic heterocycles. The molecule has 0 amide bonds. The second kappa shape index (κ2) is 7.53. The summed E-state index contributed by atoms with van der Waals surface area (Å²) in [6.07, 6.45) is 8.21. The van der Waals surface area contributed by atoms with E-state index < -0.39 is 21.7 Å². The summed E-state index contributed by atoms with van der Waals surface area (Å²) in [6.45, 7) is 0. The maximum absolute atomic E-state index is 10.6. The molecule has 20 heavy (non-hydrogen) atoms. The van der Waals surface area contributed by atoms with Crippen LogP contribution in [0.3, 0.4) is 0 Å². The van der Waals surface area contributed by atoms with E-state index in [-0.39, 0.29) is 0 Å². The van der Waals surface area contributed by atoms with Crippen LogP contribution < -0.4 is 0 Å². The van der Waals surface area contributed by atoms with Crippen LogP contribution in [0.1, 0.15) is 44.1 Å². The fourth-order valence-corrected chi connectivity index (χ4v) is 9.77. The third-order valence-corrected chi connectivity index (χ3v) is 11.8. The van der Waals surface area contributed by atoms with Gasteiger partial charge in [-0.3, -0.25) is 0 Å². The van der Waals surface area contributed by atoms with Gasteiger partial charge in [0.25, 0.3) is 0 Å². The van der Waals surface area contributed by atoms with Crippen molar-refractivity contribution in [2.75, 3.05) is 0 Å². The first-order valence-corrected chi connectivity index (χ1v) is 18.2. The number of hydrogen-bond acceptors (Lipinski definition) is 1. The van der Waals surface area contributed by atoms with Crippen molar-refractivity contribution in [1.82, 2.24) is 0 Å². The fourth-order valence-electron chi connectivity index (χ4n) is 2.71. The molecule has 2 rings (SSSR count). The number of hydrogen-bond donors (Lipinski definition) is 1. The van der Waals surface area contributed by atoms with Gasteiger partial charge < -0.3 is 0 Å². The van der Waals surface area contributed by atoms with Crippen LogP contribution >= 0.6 is 17.8 Å². The van der Waals surface area contributed by atoms with E-state index in [2.05, 4.69) is 12.1 Å². The van der Waals surface area contributed by atoms with E-state index in [9.17, 15) is 5.11 Å². The van der Waals surface area contributed by atoms with E-state index in [1.54, 1.807) is 0 Å². The van der Waals surface area contributed by atoms with Crippen LogP contribution in [0.4, 0.5) is 0 Å². The monoisotopic (exact) mass is 420 g/mol. The average Bonchev–Trinajstić information content (AvgIpc) is 2.63. The second-order valence-electron chi connectivity index (χ2n) is 5.77. The third kappa shape index (κ3) is 5.59. The number of rotatable bonds is 4. The molecule has 0 atom stereocenters. The molecule has 1 saturated carbocycles. The van der Waals surface area contributed by atoms with Crippen molar-refractivity contribution in [2.45, 2.75) is 48.6 Å².